The summed E-state index contributed by atoms with van der Waals surface area (Å²) in [7, 11) is 3.43. The molecular weight excluding hydrogens is 403 g/mol. The molecule has 1 aromatic carbocycles. The monoisotopic (exact) mass is 423 g/mol. The van der Waals surface area contributed by atoms with Crippen LogP contribution in [0.5, 0.6) is 5.75 Å². The van der Waals surface area contributed by atoms with Crippen LogP contribution in [0.4, 0.5) is 19.1 Å². The first-order valence-corrected chi connectivity index (χ1v) is 9.34. The lowest BCUT2D eigenvalue weighted by Gasteiger charge is -2.19. The average Bonchev–Trinajstić information content (AvgIpc) is 3.44. The number of H-pyrrole nitrogens is 1. The van der Waals surface area contributed by atoms with Crippen molar-refractivity contribution in [3.8, 4) is 5.75 Å². The Kier molecular flexibility index (Phi) is 5.14. The van der Waals surface area contributed by atoms with E-state index in [9.17, 15) is 23.1 Å². The molecule has 1 aliphatic carbocycles. The Labute approximate surface area is 168 Å². The molecule has 30 heavy (non-hydrogen) atoms. The molecule has 0 radical (unpaired) electrons. The van der Waals surface area contributed by atoms with Crippen LogP contribution in [0, 0.1) is 11.7 Å². The van der Waals surface area contributed by atoms with Gasteiger partial charge in [-0.3, -0.25) is 9.78 Å². The quantitative estimate of drug-likeness (QED) is 0.606. The standard InChI is InChI=1S/C19H20F3N5O3/c1-26(2)19-23-16-14(17(29)24-19)12(8-28)25-27(16)15(9-3-4-9)10-5-6-13(11(20)7-10)30-18(21)22/h5-7,9,15,18,28H,3-4,8H2,1-2H3,(H,23,24,29)/t15-/m0/s1. The number of anilines is 1. The number of aliphatic hydroxyl groups is 1. The third-order valence-corrected chi connectivity index (χ3v) is 5.04. The van der Waals surface area contributed by atoms with Gasteiger partial charge < -0.3 is 14.7 Å². The van der Waals surface area contributed by atoms with Gasteiger partial charge in [0.15, 0.2) is 17.2 Å². The Balaban J connectivity index is 1.88. The second-order valence-electron chi connectivity index (χ2n) is 7.38. The lowest BCUT2D eigenvalue weighted by molar-refractivity contribution is -0.0522. The van der Waals surface area contributed by atoms with E-state index in [-0.39, 0.29) is 22.6 Å². The van der Waals surface area contributed by atoms with Crippen LogP contribution in [0.2, 0.25) is 0 Å². The van der Waals surface area contributed by atoms with Crippen LogP contribution in [0.3, 0.4) is 0 Å². The maximum Gasteiger partial charge on any atom is 0.387 e. The van der Waals surface area contributed by atoms with Crippen molar-refractivity contribution >= 4 is 17.0 Å². The summed E-state index contributed by atoms with van der Waals surface area (Å²) in [6.45, 7) is -3.60. The van der Waals surface area contributed by atoms with E-state index in [1.54, 1.807) is 19.0 Å². The number of nitrogens with one attached hydrogen (secondary N) is 1. The van der Waals surface area contributed by atoms with Crippen LogP contribution in [0.1, 0.15) is 30.1 Å². The number of aliphatic hydroxyl groups excluding tert-OH is 1. The Hall–Kier alpha value is -3.08. The first-order chi connectivity index (χ1) is 14.3. The van der Waals surface area contributed by atoms with Gasteiger partial charge in [-0.25, -0.2) is 9.07 Å². The molecule has 11 heteroatoms. The molecule has 0 amide bonds. The van der Waals surface area contributed by atoms with Crippen molar-refractivity contribution in [2.24, 2.45) is 5.92 Å². The molecule has 1 atom stereocenters. The van der Waals surface area contributed by atoms with Gasteiger partial charge in [0.1, 0.15) is 11.1 Å². The molecular formula is C19H20F3N5O3. The van der Waals surface area contributed by atoms with Gasteiger partial charge in [-0.2, -0.15) is 18.9 Å². The number of nitrogens with zero attached hydrogens (tertiary/aromatic N) is 4. The van der Waals surface area contributed by atoms with Crippen molar-refractivity contribution in [1.82, 2.24) is 19.7 Å². The fourth-order valence-corrected chi connectivity index (χ4v) is 3.54. The second-order valence-corrected chi connectivity index (χ2v) is 7.38. The zero-order chi connectivity index (χ0) is 21.6. The van der Waals surface area contributed by atoms with Crippen LogP contribution < -0.4 is 15.2 Å². The minimum Gasteiger partial charge on any atom is -0.432 e. The summed E-state index contributed by atoms with van der Waals surface area (Å²) in [5, 5.41) is 14.3. The number of hydrogen-bond donors (Lipinski definition) is 2. The van der Waals surface area contributed by atoms with Gasteiger partial charge in [0.25, 0.3) is 5.56 Å². The Morgan fingerprint density at radius 2 is 2.10 bits per heavy atom. The maximum absolute atomic E-state index is 14.4. The molecule has 160 valence electrons. The molecule has 1 saturated carbocycles. The van der Waals surface area contributed by atoms with Crippen molar-refractivity contribution in [2.45, 2.75) is 32.1 Å². The molecule has 0 aliphatic heterocycles. The van der Waals surface area contributed by atoms with E-state index in [1.807, 2.05) is 0 Å². The SMILES string of the molecule is CN(C)c1nc2c(c(CO)nn2[C@H](c2ccc(OC(F)F)c(F)c2)C2CC2)c(=O)[nH]1. The smallest absolute Gasteiger partial charge is 0.387 e. The molecule has 2 N–H and O–H groups in total. The predicted octanol–water partition coefficient (Wildman–Crippen LogP) is 2.42. The topological polar surface area (TPSA) is 96.3 Å². The molecule has 0 spiro atoms. The van der Waals surface area contributed by atoms with Crippen LogP contribution in [-0.4, -0.2) is 45.6 Å². The molecule has 3 aromatic rings. The van der Waals surface area contributed by atoms with Gasteiger partial charge in [0.2, 0.25) is 5.95 Å². The lowest BCUT2D eigenvalue weighted by atomic mass is 10.0. The van der Waals surface area contributed by atoms with Gasteiger partial charge in [0.05, 0.1) is 12.6 Å². The van der Waals surface area contributed by atoms with E-state index in [1.165, 1.54) is 10.7 Å². The molecule has 2 aromatic heterocycles. The third kappa shape index (κ3) is 3.60. The number of aromatic nitrogens is 4. The van der Waals surface area contributed by atoms with Gasteiger partial charge in [-0.15, -0.1) is 0 Å². The minimum atomic E-state index is -3.13. The number of benzene rings is 1. The number of hydrogen-bond acceptors (Lipinski definition) is 6. The summed E-state index contributed by atoms with van der Waals surface area (Å²) in [6.07, 6.45) is 1.70. The van der Waals surface area contributed by atoms with E-state index < -0.39 is 36.4 Å². The number of halogens is 3. The largest absolute Gasteiger partial charge is 0.432 e. The zero-order valence-corrected chi connectivity index (χ0v) is 16.3. The molecule has 0 bridgehead atoms. The van der Waals surface area contributed by atoms with Gasteiger partial charge in [-0.05, 0) is 36.5 Å². The Morgan fingerprint density at radius 3 is 2.67 bits per heavy atom. The van der Waals surface area contributed by atoms with E-state index >= 15 is 0 Å². The van der Waals surface area contributed by atoms with Gasteiger partial charge in [0, 0.05) is 14.1 Å². The van der Waals surface area contributed by atoms with E-state index in [2.05, 4.69) is 19.8 Å². The summed E-state index contributed by atoms with van der Waals surface area (Å²) in [5.41, 5.74) is 0.462. The highest BCUT2D eigenvalue weighted by Crippen LogP contribution is 2.45. The molecule has 2 heterocycles. The summed E-state index contributed by atoms with van der Waals surface area (Å²) >= 11 is 0. The summed E-state index contributed by atoms with van der Waals surface area (Å²) in [4.78, 5) is 21.4. The van der Waals surface area contributed by atoms with E-state index in [0.717, 1.165) is 25.0 Å². The first-order valence-electron chi connectivity index (χ1n) is 9.34. The molecule has 0 unspecified atom stereocenters. The van der Waals surface area contributed by atoms with Crippen molar-refractivity contribution < 1.29 is 23.0 Å². The van der Waals surface area contributed by atoms with E-state index in [0.29, 0.717) is 11.5 Å². The molecule has 1 fully saturated rings. The number of rotatable bonds is 7. The summed E-state index contributed by atoms with van der Waals surface area (Å²) in [5.74, 6) is -1.06. The Bertz CT molecular complexity index is 1140. The van der Waals surface area contributed by atoms with Crippen molar-refractivity contribution in [1.29, 1.82) is 0 Å². The fraction of sp³-hybridized carbons (Fsp3) is 0.421. The number of aromatic amines is 1. The van der Waals surface area contributed by atoms with Gasteiger partial charge in [-0.1, -0.05) is 6.07 Å². The van der Waals surface area contributed by atoms with Crippen molar-refractivity contribution in [3.63, 3.8) is 0 Å². The molecule has 4 rings (SSSR count). The number of alkyl halides is 2. The highest BCUT2D eigenvalue weighted by Gasteiger charge is 2.37. The second kappa shape index (κ2) is 7.63. The lowest BCUT2D eigenvalue weighted by Crippen LogP contribution is -2.21. The van der Waals surface area contributed by atoms with Crippen LogP contribution >= 0.6 is 0 Å². The zero-order valence-electron chi connectivity index (χ0n) is 16.3. The third-order valence-electron chi connectivity index (χ3n) is 5.04. The molecule has 0 saturated heterocycles. The van der Waals surface area contributed by atoms with Crippen LogP contribution in [0.15, 0.2) is 23.0 Å². The fourth-order valence-electron chi connectivity index (χ4n) is 3.54. The normalized spacial score (nSPS) is 15.0. The van der Waals surface area contributed by atoms with E-state index in [4.69, 9.17) is 0 Å². The number of fused-ring (bicyclic) bond motifs is 1. The molecule has 8 nitrogen and oxygen atoms in total. The summed E-state index contributed by atoms with van der Waals surface area (Å²) in [6, 6.07) is 3.30. The Morgan fingerprint density at radius 1 is 1.37 bits per heavy atom. The van der Waals surface area contributed by atoms with Crippen LogP contribution in [-0.2, 0) is 6.61 Å². The van der Waals surface area contributed by atoms with Crippen molar-refractivity contribution in [2.75, 3.05) is 19.0 Å². The van der Waals surface area contributed by atoms with Crippen LogP contribution in [0.25, 0.3) is 11.0 Å². The molecule has 1 aliphatic rings. The minimum absolute atomic E-state index is 0.102. The maximum atomic E-state index is 14.4. The first kappa shape index (κ1) is 20.2. The summed E-state index contributed by atoms with van der Waals surface area (Å²) < 4.78 is 45.0. The highest BCUT2D eigenvalue weighted by atomic mass is 19.3. The number of ether oxygens (including phenoxy) is 1. The van der Waals surface area contributed by atoms with Gasteiger partial charge >= 0.3 is 6.61 Å². The highest BCUT2D eigenvalue weighted by molar-refractivity contribution is 5.78. The predicted molar refractivity (Wildman–Crippen MR) is 102 cm³/mol. The van der Waals surface area contributed by atoms with Crippen molar-refractivity contribution in [3.05, 3.63) is 45.6 Å². The average molecular weight is 423 g/mol.